The van der Waals surface area contributed by atoms with Crippen molar-refractivity contribution in [1.82, 2.24) is 29.8 Å². The molecule has 6 rings (SSSR count). The maximum atomic E-state index is 11.4. The van der Waals surface area contributed by atoms with E-state index in [1.54, 1.807) is 6.20 Å². The van der Waals surface area contributed by atoms with E-state index in [0.29, 0.717) is 48.6 Å². The molecule has 2 N–H and O–H groups in total. The molecule has 0 unspecified atom stereocenters. The van der Waals surface area contributed by atoms with Gasteiger partial charge in [-0.05, 0) is 36.5 Å². The molecule has 2 fully saturated rings. The van der Waals surface area contributed by atoms with Crippen molar-refractivity contribution in [3.05, 3.63) is 41.4 Å². The predicted molar refractivity (Wildman–Crippen MR) is 121 cm³/mol. The Morgan fingerprint density at radius 2 is 1.94 bits per heavy atom. The summed E-state index contributed by atoms with van der Waals surface area (Å²) in [5.41, 5.74) is 3.38. The van der Waals surface area contributed by atoms with E-state index >= 15 is 0 Å². The summed E-state index contributed by atoms with van der Waals surface area (Å²) in [7, 11) is 0. The Hall–Kier alpha value is -3.46. The Kier molecular flexibility index (Phi) is 4.39. The fourth-order valence-corrected chi connectivity index (χ4v) is 4.62. The Morgan fingerprint density at radius 3 is 2.69 bits per heavy atom. The van der Waals surface area contributed by atoms with Crippen molar-refractivity contribution in [1.29, 1.82) is 0 Å². The number of hydrogen-bond acceptors (Lipinski definition) is 6. The van der Waals surface area contributed by atoms with Crippen molar-refractivity contribution in [3.63, 3.8) is 0 Å². The molecule has 1 aliphatic heterocycles. The lowest BCUT2D eigenvalue weighted by Gasteiger charge is -2.34. The zero-order chi connectivity index (χ0) is 21.8. The molecule has 1 saturated heterocycles. The number of fused-ring (bicyclic) bond motifs is 2. The van der Waals surface area contributed by atoms with E-state index in [2.05, 4.69) is 19.9 Å². The van der Waals surface area contributed by atoms with Crippen LogP contribution in [0.3, 0.4) is 0 Å². The number of H-pyrrole nitrogens is 1. The second kappa shape index (κ2) is 7.30. The number of anilines is 1. The van der Waals surface area contributed by atoms with Crippen molar-refractivity contribution < 1.29 is 9.90 Å². The van der Waals surface area contributed by atoms with E-state index in [1.165, 1.54) is 4.90 Å². The third-order valence-electron chi connectivity index (χ3n) is 6.26. The number of nitrogens with one attached hydrogen (secondary N) is 1. The van der Waals surface area contributed by atoms with E-state index in [-0.39, 0.29) is 0 Å². The molecule has 1 aliphatic carbocycles. The molecule has 1 saturated carbocycles. The van der Waals surface area contributed by atoms with E-state index < -0.39 is 6.09 Å². The third-order valence-corrected chi connectivity index (χ3v) is 6.54. The van der Waals surface area contributed by atoms with E-state index in [0.717, 1.165) is 46.2 Å². The Morgan fingerprint density at radius 1 is 1.12 bits per heavy atom. The molecule has 1 amide bonds. The van der Waals surface area contributed by atoms with E-state index in [4.69, 9.17) is 21.6 Å². The van der Waals surface area contributed by atoms with Gasteiger partial charge in [0, 0.05) is 55.7 Å². The van der Waals surface area contributed by atoms with Gasteiger partial charge in [-0.15, -0.1) is 0 Å². The van der Waals surface area contributed by atoms with Crippen molar-refractivity contribution in [2.24, 2.45) is 0 Å². The van der Waals surface area contributed by atoms with Crippen LogP contribution in [-0.2, 0) is 0 Å². The van der Waals surface area contributed by atoms with Crippen LogP contribution < -0.4 is 4.90 Å². The number of carboxylic acid groups (broad SMARTS) is 1. The summed E-state index contributed by atoms with van der Waals surface area (Å²) < 4.78 is 0. The number of aromatic nitrogens is 5. The third kappa shape index (κ3) is 3.12. The summed E-state index contributed by atoms with van der Waals surface area (Å²) in [6, 6.07) is 3.85. The summed E-state index contributed by atoms with van der Waals surface area (Å²) in [5, 5.41) is 11.6. The molecule has 0 spiro atoms. The molecule has 0 radical (unpaired) electrons. The lowest BCUT2D eigenvalue weighted by Crippen LogP contribution is -2.48. The normalized spacial score (nSPS) is 16.8. The minimum atomic E-state index is -0.893. The van der Waals surface area contributed by atoms with Crippen molar-refractivity contribution in [2.75, 3.05) is 31.1 Å². The number of hydrogen-bond donors (Lipinski definition) is 2. The molecule has 2 aliphatic rings. The molecule has 0 aromatic carbocycles. The van der Waals surface area contributed by atoms with E-state index in [9.17, 15) is 9.90 Å². The second-order valence-electron chi connectivity index (χ2n) is 8.23. The summed E-state index contributed by atoms with van der Waals surface area (Å²) in [5.74, 6) is 1.78. The van der Waals surface area contributed by atoms with Crippen LogP contribution in [0, 0.1) is 0 Å². The fraction of sp³-hybridized carbons (Fsp3) is 0.318. The van der Waals surface area contributed by atoms with Gasteiger partial charge in [0.05, 0.1) is 5.39 Å². The van der Waals surface area contributed by atoms with Crippen LogP contribution in [0.4, 0.5) is 10.6 Å². The number of halogens is 1. The number of amides is 1. The van der Waals surface area contributed by atoms with Gasteiger partial charge in [0.15, 0.2) is 11.0 Å². The SMILES string of the molecule is O=C(O)N1CCN(c2nc(-c3ccnc4[nH]ccc34)nc3c(Cl)ncc(C4CC4)c23)CC1. The summed E-state index contributed by atoms with van der Waals surface area (Å²) in [4.78, 5) is 36.8. The van der Waals surface area contributed by atoms with Gasteiger partial charge >= 0.3 is 6.09 Å². The highest BCUT2D eigenvalue weighted by Gasteiger charge is 2.31. The summed E-state index contributed by atoms with van der Waals surface area (Å²) in [6.45, 7) is 1.95. The number of piperazine rings is 1. The molecule has 4 aromatic rings. The minimum absolute atomic E-state index is 0.345. The monoisotopic (exact) mass is 449 g/mol. The maximum Gasteiger partial charge on any atom is 0.407 e. The molecule has 5 heterocycles. The molecule has 0 atom stereocenters. The highest BCUT2D eigenvalue weighted by Crippen LogP contribution is 2.46. The Balaban J connectivity index is 1.56. The van der Waals surface area contributed by atoms with Crippen LogP contribution in [-0.4, -0.2) is 67.2 Å². The lowest BCUT2D eigenvalue weighted by atomic mass is 10.1. The average molecular weight is 450 g/mol. The first-order chi connectivity index (χ1) is 15.6. The lowest BCUT2D eigenvalue weighted by molar-refractivity contribution is 0.142. The first-order valence-electron chi connectivity index (χ1n) is 10.6. The largest absolute Gasteiger partial charge is 0.465 e. The van der Waals surface area contributed by atoms with Gasteiger partial charge < -0.3 is 19.9 Å². The van der Waals surface area contributed by atoms with Crippen LogP contribution in [0.15, 0.2) is 30.7 Å². The predicted octanol–water partition coefficient (Wildman–Crippen LogP) is 3.90. The summed E-state index contributed by atoms with van der Waals surface area (Å²) >= 11 is 6.56. The van der Waals surface area contributed by atoms with Crippen molar-refractivity contribution in [2.45, 2.75) is 18.8 Å². The standard InChI is InChI=1S/C22H20ClN7O2/c23-18-17-16(15(11-26-18)12-1-2-12)21(29-7-9-30(10-8-29)22(31)32)28-20(27-17)14-4-6-25-19-13(14)3-5-24-19/h3-6,11-12H,1-2,7-10H2,(H,24,25)(H,31,32). The van der Waals surface area contributed by atoms with Crippen LogP contribution in [0.25, 0.3) is 33.3 Å². The smallest absolute Gasteiger partial charge is 0.407 e. The molecule has 162 valence electrons. The number of rotatable bonds is 3. The number of carbonyl (C=O) groups is 1. The van der Waals surface area contributed by atoms with Crippen LogP contribution in [0.1, 0.15) is 24.3 Å². The van der Waals surface area contributed by atoms with Gasteiger partial charge in [-0.2, -0.15) is 0 Å². The highest BCUT2D eigenvalue weighted by atomic mass is 35.5. The molecule has 9 nitrogen and oxygen atoms in total. The maximum absolute atomic E-state index is 11.4. The number of aromatic amines is 1. The zero-order valence-corrected chi connectivity index (χ0v) is 17.9. The molecule has 0 bridgehead atoms. The van der Waals surface area contributed by atoms with Gasteiger partial charge in [-0.25, -0.2) is 24.7 Å². The Labute approximate surface area is 188 Å². The second-order valence-corrected chi connectivity index (χ2v) is 8.59. The van der Waals surface area contributed by atoms with Crippen LogP contribution >= 0.6 is 11.6 Å². The molecule has 4 aromatic heterocycles. The van der Waals surface area contributed by atoms with Gasteiger partial charge in [-0.1, -0.05) is 11.6 Å². The topological polar surface area (TPSA) is 111 Å². The van der Waals surface area contributed by atoms with Gasteiger partial charge in [0.25, 0.3) is 0 Å². The van der Waals surface area contributed by atoms with Crippen molar-refractivity contribution >= 4 is 45.4 Å². The molecular weight excluding hydrogens is 430 g/mol. The van der Waals surface area contributed by atoms with E-state index in [1.807, 2.05) is 24.5 Å². The summed E-state index contributed by atoms with van der Waals surface area (Å²) in [6.07, 6.45) is 6.75. The quantitative estimate of drug-likeness (QED) is 0.456. The average Bonchev–Trinajstić information content (AvgIpc) is 3.54. The first-order valence-corrected chi connectivity index (χ1v) is 11.0. The first kappa shape index (κ1) is 19.2. The van der Waals surface area contributed by atoms with Gasteiger partial charge in [-0.3, -0.25) is 0 Å². The highest BCUT2D eigenvalue weighted by molar-refractivity contribution is 6.34. The van der Waals surface area contributed by atoms with Crippen LogP contribution in [0.5, 0.6) is 0 Å². The van der Waals surface area contributed by atoms with Crippen molar-refractivity contribution in [3.8, 4) is 11.4 Å². The molecular formula is C22H20ClN7O2. The molecule has 10 heteroatoms. The minimum Gasteiger partial charge on any atom is -0.465 e. The zero-order valence-electron chi connectivity index (χ0n) is 17.1. The number of pyridine rings is 2. The van der Waals surface area contributed by atoms with Gasteiger partial charge in [0.1, 0.15) is 17.0 Å². The van der Waals surface area contributed by atoms with Crippen LogP contribution in [0.2, 0.25) is 5.15 Å². The number of nitrogens with zero attached hydrogens (tertiary/aromatic N) is 6. The molecule has 32 heavy (non-hydrogen) atoms. The fourth-order valence-electron chi connectivity index (χ4n) is 4.43. The Bertz CT molecular complexity index is 1360. The van der Waals surface area contributed by atoms with Gasteiger partial charge in [0.2, 0.25) is 0 Å².